The van der Waals surface area contributed by atoms with E-state index in [4.69, 9.17) is 0 Å². The van der Waals surface area contributed by atoms with Crippen LogP contribution in [-0.2, 0) is 14.6 Å². The number of rotatable bonds is 5. The summed E-state index contributed by atoms with van der Waals surface area (Å²) in [7, 11) is -2.95. The third kappa shape index (κ3) is 4.37. The number of hydrogen-bond acceptors (Lipinski definition) is 6. The number of aromatic nitrogens is 1. The third-order valence-electron chi connectivity index (χ3n) is 3.94. The highest BCUT2D eigenvalue weighted by Gasteiger charge is 2.29. The Morgan fingerprint density at radius 3 is 2.75 bits per heavy atom. The van der Waals surface area contributed by atoms with Crippen LogP contribution in [0.15, 0.2) is 34.5 Å². The molecule has 1 saturated heterocycles. The molecule has 128 valence electrons. The smallest absolute Gasteiger partial charge is 0.226 e. The number of thiazole rings is 1. The lowest BCUT2D eigenvalue weighted by molar-refractivity contribution is -0.116. The number of amides is 1. The fourth-order valence-corrected chi connectivity index (χ4v) is 5.70. The first kappa shape index (κ1) is 17.4. The molecule has 0 bridgehead atoms. The van der Waals surface area contributed by atoms with Gasteiger partial charge in [0.05, 0.1) is 17.2 Å². The Morgan fingerprint density at radius 1 is 1.38 bits per heavy atom. The van der Waals surface area contributed by atoms with Crippen molar-refractivity contribution in [3.8, 4) is 11.3 Å². The van der Waals surface area contributed by atoms with Crippen molar-refractivity contribution in [1.82, 2.24) is 4.98 Å². The number of carbonyl (C=O) groups is 1. The van der Waals surface area contributed by atoms with Crippen molar-refractivity contribution in [2.75, 3.05) is 23.1 Å². The van der Waals surface area contributed by atoms with E-state index in [2.05, 4.69) is 10.3 Å². The summed E-state index contributed by atoms with van der Waals surface area (Å²) in [6, 6.07) is 8.10. The van der Waals surface area contributed by atoms with Gasteiger partial charge in [-0.1, -0.05) is 12.1 Å². The van der Waals surface area contributed by atoms with Crippen LogP contribution in [0.5, 0.6) is 0 Å². The molecule has 2 aromatic rings. The van der Waals surface area contributed by atoms with Gasteiger partial charge >= 0.3 is 0 Å². The van der Waals surface area contributed by atoms with E-state index in [1.165, 1.54) is 16.2 Å². The monoisotopic (exact) mass is 382 g/mol. The first-order valence-corrected chi connectivity index (χ1v) is 11.5. The number of sulfone groups is 1. The molecule has 0 radical (unpaired) electrons. The van der Waals surface area contributed by atoms with Crippen LogP contribution < -0.4 is 5.32 Å². The molecule has 1 aromatic heterocycles. The van der Waals surface area contributed by atoms with Gasteiger partial charge in [0.15, 0.2) is 15.0 Å². The standard InChI is InChI=1S/C16H18N2O3S3/c1-22-13-4-2-12(3-5-13)14-9-23-16(17-14)18-15(19)8-11-6-7-24(20,21)10-11/h2-5,9,11H,6-8,10H2,1H3,(H,17,18,19). The first-order valence-electron chi connectivity index (χ1n) is 7.55. The second-order valence-electron chi connectivity index (χ2n) is 5.79. The highest BCUT2D eigenvalue weighted by molar-refractivity contribution is 7.98. The number of nitrogens with one attached hydrogen (secondary N) is 1. The van der Waals surface area contributed by atoms with E-state index in [1.807, 2.05) is 35.9 Å². The summed E-state index contributed by atoms with van der Waals surface area (Å²) >= 11 is 3.06. The van der Waals surface area contributed by atoms with E-state index in [-0.39, 0.29) is 29.8 Å². The van der Waals surface area contributed by atoms with Crippen LogP contribution >= 0.6 is 23.1 Å². The maximum Gasteiger partial charge on any atom is 0.226 e. The molecule has 8 heteroatoms. The van der Waals surface area contributed by atoms with Crippen LogP contribution in [0.4, 0.5) is 5.13 Å². The van der Waals surface area contributed by atoms with Crippen molar-refractivity contribution in [3.63, 3.8) is 0 Å². The Balaban J connectivity index is 1.60. The molecule has 1 aromatic carbocycles. The topological polar surface area (TPSA) is 76.1 Å². The molecule has 0 saturated carbocycles. The van der Waals surface area contributed by atoms with Gasteiger partial charge in [-0.15, -0.1) is 23.1 Å². The number of benzene rings is 1. The predicted molar refractivity (Wildman–Crippen MR) is 99.3 cm³/mol. The molecule has 1 fully saturated rings. The molecular weight excluding hydrogens is 364 g/mol. The summed E-state index contributed by atoms with van der Waals surface area (Å²) < 4.78 is 22.9. The van der Waals surface area contributed by atoms with Gasteiger partial charge in [0.25, 0.3) is 0 Å². The predicted octanol–water partition coefficient (Wildman–Crippen LogP) is 3.30. The molecule has 1 N–H and O–H groups in total. The molecule has 1 unspecified atom stereocenters. The quantitative estimate of drug-likeness (QED) is 0.803. The molecule has 0 aliphatic carbocycles. The van der Waals surface area contributed by atoms with Gasteiger partial charge < -0.3 is 5.32 Å². The van der Waals surface area contributed by atoms with Crippen LogP contribution in [0, 0.1) is 5.92 Å². The zero-order valence-electron chi connectivity index (χ0n) is 13.2. The number of thioether (sulfide) groups is 1. The molecule has 24 heavy (non-hydrogen) atoms. The second-order valence-corrected chi connectivity index (χ2v) is 9.75. The Hall–Kier alpha value is -1.38. The summed E-state index contributed by atoms with van der Waals surface area (Å²) in [4.78, 5) is 17.7. The fourth-order valence-electron chi connectivity index (χ4n) is 2.69. The summed E-state index contributed by atoms with van der Waals surface area (Å²) in [5.41, 5.74) is 1.83. The van der Waals surface area contributed by atoms with Crippen molar-refractivity contribution in [1.29, 1.82) is 0 Å². The number of anilines is 1. The van der Waals surface area contributed by atoms with Gasteiger partial charge in [-0.3, -0.25) is 4.79 Å². The van der Waals surface area contributed by atoms with Gasteiger partial charge in [-0.25, -0.2) is 13.4 Å². The van der Waals surface area contributed by atoms with Gasteiger partial charge in [0.2, 0.25) is 5.91 Å². The average Bonchev–Trinajstić information content (AvgIpc) is 3.14. The highest BCUT2D eigenvalue weighted by atomic mass is 32.2. The van der Waals surface area contributed by atoms with E-state index in [0.29, 0.717) is 11.6 Å². The molecule has 1 amide bonds. The number of hydrogen-bond donors (Lipinski definition) is 1. The van der Waals surface area contributed by atoms with Gasteiger partial charge in [-0.2, -0.15) is 0 Å². The number of nitrogens with zero attached hydrogens (tertiary/aromatic N) is 1. The van der Waals surface area contributed by atoms with Gasteiger partial charge in [-0.05, 0) is 30.7 Å². The maximum absolute atomic E-state index is 12.1. The van der Waals surface area contributed by atoms with E-state index >= 15 is 0 Å². The second kappa shape index (κ2) is 7.25. The van der Waals surface area contributed by atoms with E-state index in [9.17, 15) is 13.2 Å². The lowest BCUT2D eigenvalue weighted by Gasteiger charge is -2.06. The SMILES string of the molecule is CSc1ccc(-c2csc(NC(=O)CC3CCS(=O)(=O)C3)n2)cc1. The summed E-state index contributed by atoms with van der Waals surface area (Å²) in [6.45, 7) is 0. The summed E-state index contributed by atoms with van der Waals surface area (Å²) in [5, 5.41) is 5.23. The minimum Gasteiger partial charge on any atom is -0.302 e. The molecule has 1 aliphatic rings. The maximum atomic E-state index is 12.1. The van der Waals surface area contributed by atoms with Crippen LogP contribution in [-0.4, -0.2) is 37.1 Å². The molecule has 5 nitrogen and oxygen atoms in total. The van der Waals surface area contributed by atoms with Crippen molar-refractivity contribution in [2.24, 2.45) is 5.92 Å². The lowest BCUT2D eigenvalue weighted by atomic mass is 10.1. The van der Waals surface area contributed by atoms with Crippen molar-refractivity contribution < 1.29 is 13.2 Å². The fraction of sp³-hybridized carbons (Fsp3) is 0.375. The first-order chi connectivity index (χ1) is 11.4. The molecule has 1 atom stereocenters. The van der Waals surface area contributed by atoms with Gasteiger partial charge in [0, 0.05) is 22.3 Å². The molecule has 3 rings (SSSR count). The van der Waals surface area contributed by atoms with E-state index in [0.717, 1.165) is 11.3 Å². The van der Waals surface area contributed by atoms with Crippen molar-refractivity contribution in [3.05, 3.63) is 29.6 Å². The Kier molecular flexibility index (Phi) is 5.27. The summed E-state index contributed by atoms with van der Waals surface area (Å²) in [5.74, 6) is 0.0632. The Morgan fingerprint density at radius 2 is 2.12 bits per heavy atom. The van der Waals surface area contributed by atoms with E-state index in [1.54, 1.807) is 11.8 Å². The van der Waals surface area contributed by atoms with Crippen LogP contribution in [0.3, 0.4) is 0 Å². The van der Waals surface area contributed by atoms with Crippen molar-refractivity contribution in [2.45, 2.75) is 17.7 Å². The minimum atomic E-state index is -2.95. The Labute approximate surface area is 149 Å². The molecule has 1 aliphatic heterocycles. The zero-order valence-corrected chi connectivity index (χ0v) is 15.6. The van der Waals surface area contributed by atoms with Crippen LogP contribution in [0.1, 0.15) is 12.8 Å². The number of carbonyl (C=O) groups excluding carboxylic acids is 1. The lowest BCUT2D eigenvalue weighted by Crippen LogP contribution is -2.17. The van der Waals surface area contributed by atoms with E-state index < -0.39 is 9.84 Å². The Bertz CT molecular complexity index is 829. The van der Waals surface area contributed by atoms with Gasteiger partial charge in [0.1, 0.15) is 0 Å². The largest absolute Gasteiger partial charge is 0.302 e. The van der Waals surface area contributed by atoms with Crippen LogP contribution in [0.25, 0.3) is 11.3 Å². The highest BCUT2D eigenvalue weighted by Crippen LogP contribution is 2.27. The average molecular weight is 383 g/mol. The minimum absolute atomic E-state index is 0.0754. The van der Waals surface area contributed by atoms with Crippen molar-refractivity contribution >= 4 is 44.0 Å². The van der Waals surface area contributed by atoms with Crippen LogP contribution in [0.2, 0.25) is 0 Å². The summed E-state index contributed by atoms with van der Waals surface area (Å²) in [6.07, 6.45) is 2.83. The normalized spacial score (nSPS) is 19.3. The third-order valence-corrected chi connectivity index (χ3v) is 7.28. The molecule has 0 spiro atoms. The zero-order chi connectivity index (χ0) is 17.2. The molecular formula is C16H18N2O3S3. The molecule has 2 heterocycles.